The molecule has 98 valence electrons. The molecule has 1 rings (SSSR count). The Kier molecular flexibility index (Phi) is 4.52. The Bertz CT molecular complexity index is 601. The van der Waals surface area contributed by atoms with Gasteiger partial charge in [-0.3, -0.25) is 9.59 Å². The van der Waals surface area contributed by atoms with Crippen LogP contribution in [0.15, 0.2) is 4.79 Å². The van der Waals surface area contributed by atoms with Gasteiger partial charge in [0.2, 0.25) is 0 Å². The van der Waals surface area contributed by atoms with Gasteiger partial charge in [0.05, 0.1) is 5.10 Å². The number of ketones is 1. The Labute approximate surface area is 126 Å². The summed E-state index contributed by atoms with van der Waals surface area (Å²) >= 11 is 16.9. The van der Waals surface area contributed by atoms with E-state index in [-0.39, 0.29) is 0 Å². The maximum Gasteiger partial charge on any atom is 0.409 e. The molecule has 0 aliphatic heterocycles. The number of rotatable bonds is 3. The van der Waals surface area contributed by atoms with Crippen molar-refractivity contribution < 1.29 is 9.72 Å². The van der Waals surface area contributed by atoms with Crippen molar-refractivity contribution in [2.75, 3.05) is 0 Å². The number of nitro groups is 1. The predicted octanol–water partition coefficient (Wildman–Crippen LogP) is 2.45. The summed E-state index contributed by atoms with van der Waals surface area (Å²) in [5.41, 5.74) is -0.948. The Balaban J connectivity index is 3.72. The zero-order chi connectivity index (χ0) is 14.2. The molecule has 0 N–H and O–H groups in total. The van der Waals surface area contributed by atoms with Gasteiger partial charge in [-0.05, 0) is 43.7 Å². The summed E-state index contributed by atoms with van der Waals surface area (Å²) in [5.74, 6) is -1.39. The number of hydrogen-bond acceptors (Lipinski definition) is 5. The van der Waals surface area contributed by atoms with Crippen LogP contribution in [-0.4, -0.2) is 20.5 Å². The van der Waals surface area contributed by atoms with Gasteiger partial charge >= 0.3 is 11.4 Å². The highest BCUT2D eigenvalue weighted by Crippen LogP contribution is 2.34. The minimum atomic E-state index is -1.73. The lowest BCUT2D eigenvalue weighted by molar-refractivity contribution is -0.390. The fourth-order valence-electron chi connectivity index (χ4n) is 0.925. The molecule has 0 saturated carbocycles. The summed E-state index contributed by atoms with van der Waals surface area (Å²) in [5, 5.41) is 12.9. The number of hydrogen-bond donors (Lipinski definition) is 0. The van der Waals surface area contributed by atoms with E-state index in [0.717, 1.165) is 6.92 Å². The average Bonchev–Trinajstić information content (AvgIpc) is 2.25. The van der Waals surface area contributed by atoms with Crippen LogP contribution in [0.2, 0.25) is 10.0 Å². The summed E-state index contributed by atoms with van der Waals surface area (Å²) in [7, 11) is 0. The molecule has 0 saturated heterocycles. The van der Waals surface area contributed by atoms with E-state index in [1.165, 1.54) is 0 Å². The highest BCUT2D eigenvalue weighted by molar-refractivity contribution is 9.25. The molecule has 1 heterocycles. The topological polar surface area (TPSA) is 95.1 Å². The van der Waals surface area contributed by atoms with Crippen LogP contribution in [0.5, 0.6) is 0 Å². The molecule has 11 heteroatoms. The third-order valence-electron chi connectivity index (χ3n) is 1.83. The molecule has 1 aromatic rings. The number of alkyl halides is 2. The average molecular weight is 424 g/mol. The van der Waals surface area contributed by atoms with Crippen molar-refractivity contribution >= 4 is 66.7 Å². The lowest BCUT2D eigenvalue weighted by Crippen LogP contribution is -2.39. The molecule has 0 bridgehead atoms. The van der Waals surface area contributed by atoms with Gasteiger partial charge in [-0.1, -0.05) is 27.9 Å². The predicted molar refractivity (Wildman–Crippen MR) is 71.7 cm³/mol. The SMILES string of the molecule is CC(=O)C(Br)(Br)n1nc([N+](=O)[O-])c(Cl)c(Cl)c1=O. The zero-order valence-electron chi connectivity index (χ0n) is 8.49. The fourth-order valence-corrected chi connectivity index (χ4v) is 1.76. The van der Waals surface area contributed by atoms with E-state index in [1.54, 1.807) is 0 Å². The molecule has 0 amide bonds. The van der Waals surface area contributed by atoms with Gasteiger partial charge in [0.25, 0.3) is 3.36 Å². The number of carbonyl (C=O) groups excluding carboxylic acids is 1. The van der Waals surface area contributed by atoms with Gasteiger partial charge in [0, 0.05) is 0 Å². The van der Waals surface area contributed by atoms with E-state index in [4.69, 9.17) is 23.2 Å². The summed E-state index contributed by atoms with van der Waals surface area (Å²) in [4.78, 5) is 32.9. The van der Waals surface area contributed by atoms with Crippen LogP contribution >= 0.6 is 55.1 Å². The monoisotopic (exact) mass is 421 g/mol. The molecule has 0 radical (unpaired) electrons. The highest BCUT2D eigenvalue weighted by Gasteiger charge is 2.39. The summed E-state index contributed by atoms with van der Waals surface area (Å²) in [6.07, 6.45) is 0. The van der Waals surface area contributed by atoms with E-state index in [0.29, 0.717) is 4.68 Å². The second kappa shape index (κ2) is 5.24. The van der Waals surface area contributed by atoms with Gasteiger partial charge in [0.1, 0.15) is 5.02 Å². The van der Waals surface area contributed by atoms with Crippen molar-refractivity contribution in [2.45, 2.75) is 10.3 Å². The van der Waals surface area contributed by atoms with E-state index in [9.17, 15) is 19.7 Å². The third kappa shape index (κ3) is 2.58. The smallest absolute Gasteiger partial charge is 0.358 e. The summed E-state index contributed by atoms with van der Waals surface area (Å²) in [6, 6.07) is 0. The second-order valence-corrected chi connectivity index (χ2v) is 7.14. The molecule has 1 aromatic heterocycles. The molecule has 18 heavy (non-hydrogen) atoms. The lowest BCUT2D eigenvalue weighted by atomic mass is 10.4. The molecule has 0 aliphatic carbocycles. The van der Waals surface area contributed by atoms with Crippen LogP contribution in [0.1, 0.15) is 6.92 Å². The molecule has 0 spiro atoms. The molecule has 0 fully saturated rings. The number of carbonyl (C=O) groups is 1. The van der Waals surface area contributed by atoms with E-state index in [1.807, 2.05) is 0 Å². The fraction of sp³-hybridized carbons (Fsp3) is 0.286. The van der Waals surface area contributed by atoms with E-state index < -0.39 is 35.5 Å². The summed E-state index contributed by atoms with van der Waals surface area (Å²) in [6.45, 7) is 1.14. The first kappa shape index (κ1) is 15.5. The molecule has 0 aliphatic rings. The normalized spacial score (nSPS) is 11.4. The van der Waals surface area contributed by atoms with Gasteiger partial charge in [-0.25, -0.2) is 0 Å². The minimum Gasteiger partial charge on any atom is -0.358 e. The zero-order valence-corrected chi connectivity index (χ0v) is 13.2. The molecule has 0 unspecified atom stereocenters. The van der Waals surface area contributed by atoms with Gasteiger partial charge < -0.3 is 10.1 Å². The summed E-state index contributed by atoms with van der Waals surface area (Å²) < 4.78 is -1.22. The van der Waals surface area contributed by atoms with Crippen LogP contribution in [0.25, 0.3) is 0 Å². The Morgan fingerprint density at radius 2 is 1.94 bits per heavy atom. The van der Waals surface area contributed by atoms with Gasteiger partial charge in [0.15, 0.2) is 10.8 Å². The standard InChI is InChI=1S/C7H3Br2Cl2N3O4/c1-2(15)7(8,9)13-6(16)4(11)3(10)5(12-13)14(17)18/h1H3. The molecule has 7 nitrogen and oxygen atoms in total. The van der Waals surface area contributed by atoms with E-state index in [2.05, 4.69) is 37.0 Å². The quantitative estimate of drug-likeness (QED) is 0.423. The van der Waals surface area contributed by atoms with Crippen LogP contribution < -0.4 is 5.56 Å². The van der Waals surface area contributed by atoms with Crippen molar-refractivity contribution in [3.63, 3.8) is 0 Å². The van der Waals surface area contributed by atoms with Crippen molar-refractivity contribution in [1.82, 2.24) is 9.78 Å². The first-order valence-electron chi connectivity index (χ1n) is 4.12. The Morgan fingerprint density at radius 1 is 1.44 bits per heavy atom. The second-order valence-electron chi connectivity index (χ2n) is 3.02. The van der Waals surface area contributed by atoms with E-state index >= 15 is 0 Å². The number of nitrogens with zero attached hydrogens (tertiary/aromatic N) is 3. The van der Waals surface area contributed by atoms with Crippen molar-refractivity contribution in [3.8, 4) is 0 Å². The first-order chi connectivity index (χ1) is 8.10. The van der Waals surface area contributed by atoms with Crippen molar-refractivity contribution in [3.05, 3.63) is 30.5 Å². The third-order valence-corrected chi connectivity index (χ3v) is 4.42. The van der Waals surface area contributed by atoms with Crippen LogP contribution in [0.3, 0.4) is 0 Å². The maximum atomic E-state index is 11.8. The van der Waals surface area contributed by atoms with Crippen molar-refractivity contribution in [1.29, 1.82) is 0 Å². The van der Waals surface area contributed by atoms with Crippen molar-refractivity contribution in [2.24, 2.45) is 0 Å². The Hall–Kier alpha value is -0.510. The lowest BCUT2D eigenvalue weighted by Gasteiger charge is -2.15. The number of aromatic nitrogens is 2. The number of Topliss-reactive ketones (excluding diaryl/α,β-unsaturated/α-hetero) is 1. The molecule has 0 atom stereocenters. The number of halogens is 4. The minimum absolute atomic E-state index is 0.502. The molecule has 0 aromatic carbocycles. The van der Waals surface area contributed by atoms with Crippen LogP contribution in [0, 0.1) is 10.1 Å². The largest absolute Gasteiger partial charge is 0.409 e. The van der Waals surface area contributed by atoms with Gasteiger partial charge in [-0.2, -0.15) is 0 Å². The van der Waals surface area contributed by atoms with Crippen LogP contribution in [-0.2, 0) is 8.15 Å². The first-order valence-corrected chi connectivity index (χ1v) is 6.47. The molecular formula is C7H3Br2Cl2N3O4. The highest BCUT2D eigenvalue weighted by atomic mass is 79.9. The Morgan fingerprint density at radius 3 is 2.33 bits per heavy atom. The molecular weight excluding hydrogens is 421 g/mol. The van der Waals surface area contributed by atoms with Gasteiger partial charge in [-0.15, -0.1) is 0 Å². The maximum absolute atomic E-state index is 11.8. The van der Waals surface area contributed by atoms with Crippen LogP contribution in [0.4, 0.5) is 5.82 Å².